The summed E-state index contributed by atoms with van der Waals surface area (Å²) in [5.74, 6) is 6.86. The van der Waals surface area contributed by atoms with Gasteiger partial charge in [-0.1, -0.05) is 6.92 Å². The van der Waals surface area contributed by atoms with Gasteiger partial charge in [0.1, 0.15) is 5.82 Å². The summed E-state index contributed by atoms with van der Waals surface area (Å²) in [7, 11) is 1.49. The zero-order chi connectivity index (χ0) is 13.0. The monoisotopic (exact) mass is 249 g/mol. The predicted molar refractivity (Wildman–Crippen MR) is 65.3 cm³/mol. The van der Waals surface area contributed by atoms with E-state index in [0.717, 1.165) is 18.7 Å². The maximum atomic E-state index is 5.31. The molecule has 8 heteroatoms. The van der Waals surface area contributed by atoms with Crippen LogP contribution in [0.4, 0.5) is 5.95 Å². The Labute approximate surface area is 104 Å². The number of nitrogens with zero attached hydrogens (tertiary/aromatic N) is 5. The van der Waals surface area contributed by atoms with Gasteiger partial charge < -0.3 is 4.74 Å². The molecular formula is C10H15N7O. The van der Waals surface area contributed by atoms with Gasteiger partial charge in [0, 0.05) is 18.8 Å². The number of aryl methyl sites for hydroxylation is 1. The van der Waals surface area contributed by atoms with Gasteiger partial charge in [-0.3, -0.25) is 9.99 Å². The van der Waals surface area contributed by atoms with E-state index in [-0.39, 0.29) is 12.0 Å². The lowest BCUT2D eigenvalue weighted by Crippen LogP contribution is -2.15. The number of anilines is 1. The van der Waals surface area contributed by atoms with E-state index in [9.17, 15) is 0 Å². The van der Waals surface area contributed by atoms with Crippen molar-refractivity contribution in [3.8, 4) is 12.0 Å². The lowest BCUT2D eigenvalue weighted by Gasteiger charge is -2.08. The second kappa shape index (κ2) is 5.41. The van der Waals surface area contributed by atoms with Crippen molar-refractivity contribution < 1.29 is 4.74 Å². The Morgan fingerprint density at radius 2 is 2.22 bits per heavy atom. The van der Waals surface area contributed by atoms with Crippen LogP contribution in [0.2, 0.25) is 0 Å². The number of rotatable bonds is 5. The van der Waals surface area contributed by atoms with E-state index in [2.05, 4.69) is 32.3 Å². The summed E-state index contributed by atoms with van der Waals surface area (Å²) in [6.07, 6.45) is 5.32. The van der Waals surface area contributed by atoms with Gasteiger partial charge in [-0.25, -0.2) is 10.8 Å². The van der Waals surface area contributed by atoms with Crippen LogP contribution in [0.1, 0.15) is 19.2 Å². The normalized spacial score (nSPS) is 10.4. The van der Waals surface area contributed by atoms with Gasteiger partial charge >= 0.3 is 6.01 Å². The fourth-order valence-electron chi connectivity index (χ4n) is 1.53. The van der Waals surface area contributed by atoms with Gasteiger partial charge in [0.05, 0.1) is 7.11 Å². The second-order valence-electron chi connectivity index (χ2n) is 3.55. The Morgan fingerprint density at radius 1 is 1.39 bits per heavy atom. The predicted octanol–water partition coefficient (Wildman–Crippen LogP) is 0.304. The highest BCUT2D eigenvalue weighted by atomic mass is 16.5. The van der Waals surface area contributed by atoms with Crippen molar-refractivity contribution in [3.05, 3.63) is 18.2 Å². The lowest BCUT2D eigenvalue weighted by molar-refractivity contribution is 0.378. The summed E-state index contributed by atoms with van der Waals surface area (Å²) in [6.45, 7) is 2.08. The van der Waals surface area contributed by atoms with Crippen LogP contribution >= 0.6 is 0 Å². The van der Waals surface area contributed by atoms with E-state index in [1.807, 2.05) is 0 Å². The topological polar surface area (TPSA) is 104 Å². The van der Waals surface area contributed by atoms with E-state index in [1.165, 1.54) is 7.11 Å². The molecular weight excluding hydrogens is 234 g/mol. The highest BCUT2D eigenvalue weighted by Crippen LogP contribution is 2.12. The van der Waals surface area contributed by atoms with Crippen molar-refractivity contribution >= 4 is 5.95 Å². The van der Waals surface area contributed by atoms with Crippen molar-refractivity contribution in [2.45, 2.75) is 19.8 Å². The summed E-state index contributed by atoms with van der Waals surface area (Å²) in [4.78, 5) is 16.5. The van der Waals surface area contributed by atoms with Crippen LogP contribution < -0.4 is 16.0 Å². The zero-order valence-corrected chi connectivity index (χ0v) is 10.3. The first-order valence-electron chi connectivity index (χ1n) is 5.57. The van der Waals surface area contributed by atoms with Crippen molar-refractivity contribution in [2.24, 2.45) is 5.84 Å². The van der Waals surface area contributed by atoms with E-state index < -0.39 is 0 Å². The third-order valence-electron chi connectivity index (χ3n) is 2.32. The molecule has 0 aromatic carbocycles. The Morgan fingerprint density at radius 3 is 2.89 bits per heavy atom. The van der Waals surface area contributed by atoms with E-state index in [1.54, 1.807) is 17.0 Å². The largest absolute Gasteiger partial charge is 0.467 e. The van der Waals surface area contributed by atoms with Crippen molar-refractivity contribution in [3.63, 3.8) is 0 Å². The number of ether oxygens (including phenoxy) is 1. The minimum absolute atomic E-state index is 0.198. The number of methoxy groups -OCH3 is 1. The number of nitrogens with one attached hydrogen (secondary N) is 1. The smallest absolute Gasteiger partial charge is 0.322 e. The van der Waals surface area contributed by atoms with Gasteiger partial charge in [-0.15, -0.1) is 0 Å². The summed E-state index contributed by atoms with van der Waals surface area (Å²) in [6, 6.07) is 0.198. The highest BCUT2D eigenvalue weighted by Gasteiger charge is 2.11. The van der Waals surface area contributed by atoms with Gasteiger partial charge in [0.25, 0.3) is 0 Å². The average Bonchev–Trinajstić information content (AvgIpc) is 2.87. The summed E-state index contributed by atoms with van der Waals surface area (Å²) >= 11 is 0. The number of hydrazine groups is 1. The van der Waals surface area contributed by atoms with Gasteiger partial charge in [-0.2, -0.15) is 15.0 Å². The molecule has 2 heterocycles. The molecule has 0 amide bonds. The minimum atomic E-state index is 0.198. The fourth-order valence-corrected chi connectivity index (χ4v) is 1.53. The third-order valence-corrected chi connectivity index (χ3v) is 2.32. The molecule has 96 valence electrons. The quantitative estimate of drug-likeness (QED) is 0.580. The fraction of sp³-hybridized carbons (Fsp3) is 0.400. The van der Waals surface area contributed by atoms with Crippen molar-refractivity contribution in [2.75, 3.05) is 12.5 Å². The third kappa shape index (κ3) is 2.38. The highest BCUT2D eigenvalue weighted by molar-refractivity contribution is 5.29. The summed E-state index contributed by atoms with van der Waals surface area (Å²) in [5, 5.41) is 0. The molecule has 0 aliphatic heterocycles. The molecule has 0 radical (unpaired) electrons. The lowest BCUT2D eigenvalue weighted by atomic mass is 10.3. The molecule has 8 nitrogen and oxygen atoms in total. The Hall–Kier alpha value is -2.22. The minimum Gasteiger partial charge on any atom is -0.467 e. The summed E-state index contributed by atoms with van der Waals surface area (Å²) in [5.41, 5.74) is 2.38. The molecule has 0 atom stereocenters. The van der Waals surface area contributed by atoms with Crippen LogP contribution in [-0.2, 0) is 6.42 Å². The number of hydrogen-bond acceptors (Lipinski definition) is 7. The van der Waals surface area contributed by atoms with Crippen molar-refractivity contribution in [1.29, 1.82) is 0 Å². The van der Waals surface area contributed by atoms with Gasteiger partial charge in [0.2, 0.25) is 11.9 Å². The molecule has 3 N–H and O–H groups in total. The number of imidazole rings is 1. The molecule has 0 saturated carbocycles. The second-order valence-corrected chi connectivity index (χ2v) is 3.55. The number of nitrogen functional groups attached to an aromatic ring is 1. The van der Waals surface area contributed by atoms with E-state index >= 15 is 0 Å². The molecule has 0 saturated heterocycles. The molecule has 0 bridgehead atoms. The van der Waals surface area contributed by atoms with Crippen LogP contribution in [0, 0.1) is 0 Å². The van der Waals surface area contributed by atoms with Gasteiger partial charge in [-0.05, 0) is 6.42 Å². The van der Waals surface area contributed by atoms with Crippen LogP contribution in [0.15, 0.2) is 12.4 Å². The molecule has 0 aliphatic rings. The first kappa shape index (κ1) is 12.2. The van der Waals surface area contributed by atoms with Gasteiger partial charge in [0.15, 0.2) is 0 Å². The number of hydrogen-bond donors (Lipinski definition) is 2. The zero-order valence-electron chi connectivity index (χ0n) is 10.3. The molecule has 2 aromatic rings. The SMILES string of the molecule is CCCc1nccn1-c1nc(NN)nc(OC)n1. The number of nitrogens with two attached hydrogens (primary N) is 1. The number of aromatic nitrogens is 5. The first-order valence-corrected chi connectivity index (χ1v) is 5.57. The maximum Gasteiger partial charge on any atom is 0.322 e. The standard InChI is InChI=1S/C10H15N7O/c1-3-4-7-12-5-6-17(7)9-13-8(16-11)14-10(15-9)18-2/h5-6H,3-4,11H2,1-2H3,(H,13,14,15,16). The molecule has 0 unspecified atom stereocenters. The van der Waals surface area contributed by atoms with Crippen molar-refractivity contribution in [1.82, 2.24) is 24.5 Å². The van der Waals surface area contributed by atoms with Crippen LogP contribution in [0.25, 0.3) is 5.95 Å². The molecule has 2 aromatic heterocycles. The molecule has 0 aliphatic carbocycles. The van der Waals surface area contributed by atoms with Crippen LogP contribution in [0.3, 0.4) is 0 Å². The van der Waals surface area contributed by atoms with Crippen LogP contribution in [-0.4, -0.2) is 31.6 Å². The summed E-state index contributed by atoms with van der Waals surface area (Å²) < 4.78 is 6.79. The maximum absolute atomic E-state index is 5.31. The molecule has 18 heavy (non-hydrogen) atoms. The Bertz CT molecular complexity index is 502. The molecule has 2 rings (SSSR count). The van der Waals surface area contributed by atoms with Crippen LogP contribution in [0.5, 0.6) is 6.01 Å². The average molecular weight is 249 g/mol. The molecule has 0 fully saturated rings. The first-order chi connectivity index (χ1) is 8.78. The van der Waals surface area contributed by atoms with E-state index in [4.69, 9.17) is 10.6 Å². The van der Waals surface area contributed by atoms with E-state index in [0.29, 0.717) is 5.95 Å². The Balaban J connectivity index is 2.45. The Kier molecular flexibility index (Phi) is 3.68. The molecule has 0 spiro atoms.